The number of nitrogens with zero attached hydrogens (tertiary/aromatic N) is 1. The second-order valence-corrected chi connectivity index (χ2v) is 8.32. The van der Waals surface area contributed by atoms with Gasteiger partial charge in [0.15, 0.2) is 12.1 Å². The fourth-order valence-corrected chi connectivity index (χ4v) is 2.72. The van der Waals surface area contributed by atoms with E-state index in [-0.39, 0.29) is 12.2 Å². The smallest absolute Gasteiger partial charge is 0.187 e. The van der Waals surface area contributed by atoms with Gasteiger partial charge in [0.2, 0.25) is 0 Å². The Morgan fingerprint density at radius 1 is 1.25 bits per heavy atom. The van der Waals surface area contributed by atoms with Crippen molar-refractivity contribution in [3.63, 3.8) is 0 Å². The summed E-state index contributed by atoms with van der Waals surface area (Å²) in [6, 6.07) is 0. The van der Waals surface area contributed by atoms with Gasteiger partial charge in [-0.05, 0) is 34.6 Å². The minimum atomic E-state index is -1.32. The molecule has 0 aromatic carbocycles. The summed E-state index contributed by atoms with van der Waals surface area (Å²) in [7, 11) is 0.238. The molecule has 2 aliphatic heterocycles. The number of fused-ring (bicyclic) bond motifs is 1. The highest BCUT2D eigenvalue weighted by Gasteiger charge is 2.55. The van der Waals surface area contributed by atoms with Crippen LogP contribution in [0.5, 0.6) is 0 Å². The Balaban J connectivity index is 2.10. The average molecular weight is 305 g/mol. The zero-order chi connectivity index (χ0) is 15.1. The van der Waals surface area contributed by atoms with Crippen molar-refractivity contribution in [3.8, 4) is 0 Å². The third kappa shape index (κ3) is 3.28. The Hall–Kier alpha value is -0.340. The van der Waals surface area contributed by atoms with Crippen LogP contribution < -0.4 is 0 Å². The van der Waals surface area contributed by atoms with E-state index in [1.165, 1.54) is 0 Å². The first kappa shape index (κ1) is 16.0. The molecule has 0 amide bonds. The van der Waals surface area contributed by atoms with Crippen LogP contribution >= 0.6 is 0 Å². The van der Waals surface area contributed by atoms with Gasteiger partial charge in [-0.2, -0.15) is 4.40 Å². The third-order valence-electron chi connectivity index (χ3n) is 3.11. The number of methoxy groups -OCH3 is 1. The summed E-state index contributed by atoms with van der Waals surface area (Å²) in [5.41, 5.74) is 0. The topological polar surface area (TPSA) is 66.4 Å². The molecule has 0 aliphatic carbocycles. The van der Waals surface area contributed by atoms with Crippen molar-refractivity contribution in [2.45, 2.75) is 69.8 Å². The maximum atomic E-state index is 11.9. The van der Waals surface area contributed by atoms with E-state index < -0.39 is 33.9 Å². The van der Waals surface area contributed by atoms with Crippen LogP contribution in [0.2, 0.25) is 0 Å². The lowest BCUT2D eigenvalue weighted by Gasteiger charge is -2.22. The molecule has 6 nitrogen and oxygen atoms in total. The van der Waals surface area contributed by atoms with E-state index in [0.717, 1.165) is 0 Å². The maximum Gasteiger partial charge on any atom is 0.187 e. The van der Waals surface area contributed by atoms with Crippen LogP contribution in [0.15, 0.2) is 4.40 Å². The van der Waals surface area contributed by atoms with E-state index in [9.17, 15) is 4.21 Å². The Labute approximate surface area is 122 Å². The first-order chi connectivity index (χ1) is 9.14. The lowest BCUT2D eigenvalue weighted by atomic mass is 10.1. The molecule has 2 saturated heterocycles. The van der Waals surface area contributed by atoms with E-state index in [1.807, 2.05) is 34.6 Å². The predicted molar refractivity (Wildman–Crippen MR) is 75.9 cm³/mol. The molecular formula is C13H23NO5S. The highest BCUT2D eigenvalue weighted by Crippen LogP contribution is 2.38. The Morgan fingerprint density at radius 3 is 2.40 bits per heavy atom. The second kappa shape index (κ2) is 5.46. The molecule has 2 aliphatic rings. The first-order valence-corrected chi connectivity index (χ1v) is 7.75. The normalized spacial score (nSPS) is 38.3. The largest absolute Gasteiger partial charge is 0.353 e. The molecule has 0 bridgehead atoms. The van der Waals surface area contributed by atoms with Gasteiger partial charge in [-0.1, -0.05) is 0 Å². The van der Waals surface area contributed by atoms with E-state index >= 15 is 0 Å². The van der Waals surface area contributed by atoms with Gasteiger partial charge in [0, 0.05) is 13.3 Å². The molecule has 0 aromatic heterocycles. The van der Waals surface area contributed by atoms with Gasteiger partial charge < -0.3 is 18.9 Å². The van der Waals surface area contributed by atoms with Crippen LogP contribution in [0.4, 0.5) is 0 Å². The molecule has 5 atom stereocenters. The molecule has 0 N–H and O–H groups in total. The van der Waals surface area contributed by atoms with Crippen molar-refractivity contribution >= 4 is 17.2 Å². The summed E-state index contributed by atoms with van der Waals surface area (Å²) in [5, 5.41) is 0. The van der Waals surface area contributed by atoms with Crippen LogP contribution in [-0.2, 0) is 29.9 Å². The molecule has 7 heteroatoms. The molecule has 0 spiro atoms. The summed E-state index contributed by atoms with van der Waals surface area (Å²) < 4.78 is 38.2. The Morgan fingerprint density at radius 2 is 1.85 bits per heavy atom. The lowest BCUT2D eigenvalue weighted by Crippen LogP contribution is -2.31. The van der Waals surface area contributed by atoms with Gasteiger partial charge in [0.05, 0.1) is 4.75 Å². The number of rotatable bonds is 3. The van der Waals surface area contributed by atoms with E-state index in [1.54, 1.807) is 13.3 Å². The minimum Gasteiger partial charge on any atom is -0.353 e. The fraction of sp³-hybridized carbons (Fsp3) is 0.923. The van der Waals surface area contributed by atoms with E-state index in [0.29, 0.717) is 0 Å². The minimum absolute atomic E-state index is 0.296. The van der Waals surface area contributed by atoms with Crippen molar-refractivity contribution in [1.29, 1.82) is 0 Å². The van der Waals surface area contributed by atoms with Crippen LogP contribution in [0.3, 0.4) is 0 Å². The third-order valence-corrected chi connectivity index (χ3v) is 4.47. The molecule has 0 saturated carbocycles. The molecule has 0 unspecified atom stereocenters. The fourth-order valence-electron chi connectivity index (χ4n) is 2.17. The maximum absolute atomic E-state index is 11.9. The summed E-state index contributed by atoms with van der Waals surface area (Å²) in [6.45, 7) is 9.30. The van der Waals surface area contributed by atoms with Crippen LogP contribution in [-0.4, -0.2) is 52.7 Å². The standard InChI is InChI=1S/C13H23NO5S/c1-12(2,3)20(15)14-7-8-9-10(11(16-6)17-8)19-13(4,5)18-9/h7-11H,1-6H3/b14-7+/t8-,9-,10-,11-,20+/m1/s1. The van der Waals surface area contributed by atoms with Crippen molar-refractivity contribution < 1.29 is 23.2 Å². The summed E-state index contributed by atoms with van der Waals surface area (Å²) in [6.07, 6.45) is 0.0347. The molecule has 0 radical (unpaired) electrons. The molecule has 0 aromatic rings. The average Bonchev–Trinajstić information content (AvgIpc) is 2.78. The molecule has 2 rings (SSSR count). The van der Waals surface area contributed by atoms with Gasteiger partial charge in [-0.15, -0.1) is 0 Å². The van der Waals surface area contributed by atoms with Gasteiger partial charge in [-0.3, -0.25) is 0 Å². The van der Waals surface area contributed by atoms with Gasteiger partial charge in [0.1, 0.15) is 29.3 Å². The van der Waals surface area contributed by atoms with Gasteiger partial charge in [0.25, 0.3) is 0 Å². The summed E-state index contributed by atoms with van der Waals surface area (Å²) in [4.78, 5) is 0. The van der Waals surface area contributed by atoms with Crippen LogP contribution in [0.25, 0.3) is 0 Å². The molecule has 2 fully saturated rings. The lowest BCUT2D eigenvalue weighted by molar-refractivity contribution is -0.218. The predicted octanol–water partition coefficient (Wildman–Crippen LogP) is 1.41. The quantitative estimate of drug-likeness (QED) is 0.738. The summed E-state index contributed by atoms with van der Waals surface area (Å²) >= 11 is 0. The molecule has 2 heterocycles. The van der Waals surface area contributed by atoms with Crippen molar-refractivity contribution in [3.05, 3.63) is 0 Å². The van der Waals surface area contributed by atoms with Crippen LogP contribution in [0.1, 0.15) is 34.6 Å². The molecular weight excluding hydrogens is 282 g/mol. The number of hydrogen-bond donors (Lipinski definition) is 0. The highest BCUT2D eigenvalue weighted by atomic mass is 32.2. The SMILES string of the molecule is CO[C@@H]1O[C@H](/C=N/[S@@](=O)C(C)(C)C)[C@H]2OC(C)(C)O[C@@H]12. The van der Waals surface area contributed by atoms with Crippen molar-refractivity contribution in [1.82, 2.24) is 0 Å². The Bertz CT molecular complexity index is 417. The van der Waals surface area contributed by atoms with Gasteiger partial charge >= 0.3 is 0 Å². The van der Waals surface area contributed by atoms with Gasteiger partial charge in [-0.25, -0.2) is 4.21 Å². The molecule has 20 heavy (non-hydrogen) atoms. The van der Waals surface area contributed by atoms with E-state index in [2.05, 4.69) is 4.40 Å². The monoisotopic (exact) mass is 305 g/mol. The van der Waals surface area contributed by atoms with Crippen molar-refractivity contribution in [2.75, 3.05) is 7.11 Å². The first-order valence-electron chi connectivity index (χ1n) is 6.64. The van der Waals surface area contributed by atoms with E-state index in [4.69, 9.17) is 18.9 Å². The number of hydrogen-bond acceptors (Lipinski definition) is 5. The zero-order valence-corrected chi connectivity index (χ0v) is 13.6. The summed E-state index contributed by atoms with van der Waals surface area (Å²) in [5.74, 6) is -0.675. The number of ether oxygens (including phenoxy) is 4. The Kier molecular flexibility index (Phi) is 4.37. The van der Waals surface area contributed by atoms with Crippen molar-refractivity contribution in [2.24, 2.45) is 4.40 Å². The van der Waals surface area contributed by atoms with Crippen LogP contribution in [0, 0.1) is 0 Å². The second-order valence-electron chi connectivity index (χ2n) is 6.39. The zero-order valence-electron chi connectivity index (χ0n) is 12.8. The highest BCUT2D eigenvalue weighted by molar-refractivity contribution is 7.85. The molecule has 116 valence electrons.